The van der Waals surface area contributed by atoms with E-state index in [-0.39, 0.29) is 5.91 Å². The Morgan fingerprint density at radius 2 is 1.94 bits per heavy atom. The summed E-state index contributed by atoms with van der Waals surface area (Å²) >= 11 is 0. The van der Waals surface area contributed by atoms with Crippen LogP contribution in [0.25, 0.3) is 0 Å². The Bertz CT molecular complexity index is 417. The van der Waals surface area contributed by atoms with Crippen LogP contribution in [-0.4, -0.2) is 34.0 Å². The molecule has 5 heteroatoms. The first kappa shape index (κ1) is 10.7. The quantitative estimate of drug-likeness (QED) is 0.782. The molecule has 3 rings (SSSR count). The highest BCUT2D eigenvalue weighted by molar-refractivity contribution is 5.73. The van der Waals surface area contributed by atoms with Gasteiger partial charge in [0.1, 0.15) is 0 Å². The van der Waals surface area contributed by atoms with Crippen molar-refractivity contribution >= 4 is 5.91 Å². The average Bonchev–Trinajstić information content (AvgIpc) is 3.07. The molecule has 1 aliphatic carbocycles. The predicted molar refractivity (Wildman–Crippen MR) is 60.5 cm³/mol. The number of carbonyl (C=O) groups excluding carboxylic acids is 1. The van der Waals surface area contributed by atoms with Crippen LogP contribution in [0.3, 0.4) is 0 Å². The van der Waals surface area contributed by atoms with Crippen LogP contribution in [0.2, 0.25) is 0 Å². The third-order valence-corrected chi connectivity index (χ3v) is 3.69. The number of hydrogen-bond donors (Lipinski definition) is 0. The van der Waals surface area contributed by atoms with Gasteiger partial charge in [0.15, 0.2) is 5.82 Å². The number of piperidine rings is 1. The van der Waals surface area contributed by atoms with Crippen LogP contribution < -0.4 is 0 Å². The number of hydrogen-bond acceptors (Lipinski definition) is 4. The molecular formula is C12H17N3O2. The highest BCUT2D eigenvalue weighted by Gasteiger charge is 2.32. The van der Waals surface area contributed by atoms with Gasteiger partial charge in [-0.2, -0.15) is 4.98 Å². The van der Waals surface area contributed by atoms with Gasteiger partial charge in [-0.15, -0.1) is 0 Å². The molecule has 1 amide bonds. The van der Waals surface area contributed by atoms with Crippen molar-refractivity contribution in [2.24, 2.45) is 0 Å². The number of nitrogens with zero attached hydrogens (tertiary/aromatic N) is 3. The van der Waals surface area contributed by atoms with Gasteiger partial charge < -0.3 is 9.42 Å². The first-order valence-corrected chi connectivity index (χ1v) is 6.33. The minimum Gasteiger partial charge on any atom is -0.343 e. The summed E-state index contributed by atoms with van der Waals surface area (Å²) in [5, 5.41) is 4.08. The molecule has 1 aromatic rings. The molecule has 0 spiro atoms. The van der Waals surface area contributed by atoms with E-state index in [2.05, 4.69) is 10.1 Å². The van der Waals surface area contributed by atoms with Crippen LogP contribution in [0.15, 0.2) is 4.52 Å². The fraction of sp³-hybridized carbons (Fsp3) is 0.750. The fourth-order valence-electron chi connectivity index (χ4n) is 2.36. The normalized spacial score (nSPS) is 21.8. The van der Waals surface area contributed by atoms with Crippen molar-refractivity contribution < 1.29 is 9.32 Å². The molecule has 1 saturated heterocycles. The number of rotatable bonds is 2. The second-order valence-electron chi connectivity index (χ2n) is 5.05. The maximum atomic E-state index is 11.2. The van der Waals surface area contributed by atoms with Crippen molar-refractivity contribution in [1.29, 1.82) is 0 Å². The van der Waals surface area contributed by atoms with Crippen LogP contribution in [0, 0.1) is 0 Å². The summed E-state index contributed by atoms with van der Waals surface area (Å²) in [6, 6.07) is 0. The Labute approximate surface area is 100 Å². The van der Waals surface area contributed by atoms with Gasteiger partial charge in [0.2, 0.25) is 11.8 Å². The van der Waals surface area contributed by atoms with E-state index in [1.54, 1.807) is 6.92 Å². The summed E-state index contributed by atoms with van der Waals surface area (Å²) in [7, 11) is 0. The molecule has 1 saturated carbocycles. The summed E-state index contributed by atoms with van der Waals surface area (Å²) in [6.07, 6.45) is 4.27. The summed E-state index contributed by atoms with van der Waals surface area (Å²) in [4.78, 5) is 17.6. The monoisotopic (exact) mass is 235 g/mol. The van der Waals surface area contributed by atoms with Gasteiger partial charge in [0.25, 0.3) is 0 Å². The van der Waals surface area contributed by atoms with Crippen LogP contribution in [-0.2, 0) is 4.79 Å². The molecule has 0 unspecified atom stereocenters. The predicted octanol–water partition coefficient (Wildman–Crippen LogP) is 1.67. The SMILES string of the molecule is CC(=O)N1CCC(c2noc(C3CC3)n2)CC1. The van der Waals surface area contributed by atoms with E-state index < -0.39 is 0 Å². The van der Waals surface area contributed by atoms with E-state index >= 15 is 0 Å². The first-order valence-electron chi connectivity index (χ1n) is 6.33. The lowest BCUT2D eigenvalue weighted by atomic mass is 9.96. The standard InChI is InChI=1S/C12H17N3O2/c1-8(16)15-6-4-9(5-7-15)11-13-12(17-14-11)10-2-3-10/h9-10H,2-7H2,1H3. The van der Waals surface area contributed by atoms with Gasteiger partial charge in [0, 0.05) is 31.8 Å². The molecule has 0 N–H and O–H groups in total. The van der Waals surface area contributed by atoms with Gasteiger partial charge in [0.05, 0.1) is 0 Å². The minimum absolute atomic E-state index is 0.162. The van der Waals surface area contributed by atoms with Crippen LogP contribution in [0.4, 0.5) is 0 Å². The Kier molecular flexibility index (Phi) is 2.61. The highest BCUT2D eigenvalue weighted by Crippen LogP contribution is 2.39. The maximum absolute atomic E-state index is 11.2. The zero-order valence-electron chi connectivity index (χ0n) is 10.1. The fourth-order valence-corrected chi connectivity index (χ4v) is 2.36. The molecule has 0 radical (unpaired) electrons. The molecule has 0 atom stereocenters. The van der Waals surface area contributed by atoms with Crippen molar-refractivity contribution in [3.05, 3.63) is 11.7 Å². The molecule has 0 aromatic carbocycles. The first-order chi connectivity index (χ1) is 8.24. The molecule has 92 valence electrons. The molecule has 2 heterocycles. The van der Waals surface area contributed by atoms with E-state index in [0.717, 1.165) is 37.6 Å². The van der Waals surface area contributed by atoms with Crippen molar-refractivity contribution in [3.8, 4) is 0 Å². The van der Waals surface area contributed by atoms with Gasteiger partial charge in [-0.05, 0) is 25.7 Å². The zero-order chi connectivity index (χ0) is 11.8. The largest absolute Gasteiger partial charge is 0.343 e. The highest BCUT2D eigenvalue weighted by atomic mass is 16.5. The van der Waals surface area contributed by atoms with Crippen LogP contribution in [0.5, 0.6) is 0 Å². The van der Waals surface area contributed by atoms with Gasteiger partial charge in [-0.1, -0.05) is 5.16 Å². The number of carbonyl (C=O) groups is 1. The van der Waals surface area contributed by atoms with E-state index in [0.29, 0.717) is 11.8 Å². The lowest BCUT2D eigenvalue weighted by Crippen LogP contribution is -2.36. The lowest BCUT2D eigenvalue weighted by molar-refractivity contribution is -0.129. The maximum Gasteiger partial charge on any atom is 0.229 e. The number of likely N-dealkylation sites (tertiary alicyclic amines) is 1. The molecule has 1 aromatic heterocycles. The Morgan fingerprint density at radius 3 is 2.53 bits per heavy atom. The van der Waals surface area contributed by atoms with Crippen LogP contribution in [0.1, 0.15) is 56.2 Å². The van der Waals surface area contributed by atoms with E-state index in [4.69, 9.17) is 4.52 Å². The molecular weight excluding hydrogens is 218 g/mol. The zero-order valence-corrected chi connectivity index (χ0v) is 10.1. The second kappa shape index (κ2) is 4.13. The molecule has 5 nitrogen and oxygen atoms in total. The summed E-state index contributed by atoms with van der Waals surface area (Å²) < 4.78 is 5.27. The Morgan fingerprint density at radius 1 is 1.24 bits per heavy atom. The van der Waals surface area contributed by atoms with E-state index in [9.17, 15) is 4.79 Å². The number of aromatic nitrogens is 2. The van der Waals surface area contributed by atoms with Crippen molar-refractivity contribution in [2.75, 3.05) is 13.1 Å². The second-order valence-corrected chi connectivity index (χ2v) is 5.05. The molecule has 2 fully saturated rings. The van der Waals surface area contributed by atoms with Gasteiger partial charge in [-0.3, -0.25) is 4.79 Å². The lowest BCUT2D eigenvalue weighted by Gasteiger charge is -2.29. The van der Waals surface area contributed by atoms with Crippen molar-refractivity contribution in [1.82, 2.24) is 15.0 Å². The van der Waals surface area contributed by atoms with Crippen LogP contribution >= 0.6 is 0 Å². The van der Waals surface area contributed by atoms with E-state index in [1.165, 1.54) is 12.8 Å². The minimum atomic E-state index is 0.162. The topological polar surface area (TPSA) is 59.2 Å². The molecule has 17 heavy (non-hydrogen) atoms. The Hall–Kier alpha value is -1.39. The third-order valence-electron chi connectivity index (χ3n) is 3.69. The molecule has 1 aliphatic heterocycles. The smallest absolute Gasteiger partial charge is 0.229 e. The summed E-state index contributed by atoms with van der Waals surface area (Å²) in [5.41, 5.74) is 0. The van der Waals surface area contributed by atoms with Crippen molar-refractivity contribution in [2.45, 2.75) is 44.4 Å². The molecule has 0 bridgehead atoms. The van der Waals surface area contributed by atoms with Gasteiger partial charge in [-0.25, -0.2) is 0 Å². The third kappa shape index (κ3) is 2.18. The molecule has 2 aliphatic rings. The number of amides is 1. The average molecular weight is 235 g/mol. The van der Waals surface area contributed by atoms with Crippen molar-refractivity contribution in [3.63, 3.8) is 0 Å². The summed E-state index contributed by atoms with van der Waals surface area (Å²) in [6.45, 7) is 3.25. The summed E-state index contributed by atoms with van der Waals surface area (Å²) in [5.74, 6) is 2.70. The van der Waals surface area contributed by atoms with Gasteiger partial charge >= 0.3 is 0 Å². The van der Waals surface area contributed by atoms with E-state index in [1.807, 2.05) is 4.90 Å². The Balaban J connectivity index is 1.63.